The summed E-state index contributed by atoms with van der Waals surface area (Å²) in [5, 5.41) is 3.06. The van der Waals surface area contributed by atoms with Gasteiger partial charge in [0, 0.05) is 5.56 Å². The number of amides is 1. The van der Waals surface area contributed by atoms with E-state index in [9.17, 15) is 4.79 Å². The van der Waals surface area contributed by atoms with Crippen molar-refractivity contribution < 1.29 is 9.53 Å². The van der Waals surface area contributed by atoms with Gasteiger partial charge in [-0.1, -0.05) is 62.4 Å². The average Bonchev–Trinajstić information content (AvgIpc) is 3.09. The zero-order valence-corrected chi connectivity index (χ0v) is 14.7. The molecule has 1 aliphatic rings. The molecule has 0 saturated heterocycles. The van der Waals surface area contributed by atoms with Crippen LogP contribution in [0.15, 0.2) is 65.7 Å². The van der Waals surface area contributed by atoms with E-state index in [1.807, 2.05) is 48.5 Å². The summed E-state index contributed by atoms with van der Waals surface area (Å²) in [5.41, 5.74) is 1.89. The van der Waals surface area contributed by atoms with E-state index in [0.717, 1.165) is 6.42 Å². The van der Waals surface area contributed by atoms with Gasteiger partial charge in [0.05, 0.1) is 6.04 Å². The first-order chi connectivity index (χ1) is 12.1. The van der Waals surface area contributed by atoms with Crippen molar-refractivity contribution in [3.63, 3.8) is 0 Å². The molecule has 0 saturated carbocycles. The van der Waals surface area contributed by atoms with Crippen LogP contribution in [-0.4, -0.2) is 30.5 Å². The number of ether oxygens (including phenoxy) is 1. The van der Waals surface area contributed by atoms with Gasteiger partial charge in [-0.3, -0.25) is 4.79 Å². The van der Waals surface area contributed by atoms with Gasteiger partial charge in [0.15, 0.2) is 0 Å². The van der Waals surface area contributed by atoms with Gasteiger partial charge >= 0.3 is 0 Å². The summed E-state index contributed by atoms with van der Waals surface area (Å²) in [7, 11) is 0. The summed E-state index contributed by atoms with van der Waals surface area (Å²) >= 11 is 0. The maximum atomic E-state index is 12.5. The fourth-order valence-corrected chi connectivity index (χ4v) is 2.92. The van der Waals surface area contributed by atoms with Gasteiger partial charge in [0.2, 0.25) is 5.90 Å². The van der Waals surface area contributed by atoms with E-state index >= 15 is 0 Å². The first-order valence-electron chi connectivity index (χ1n) is 8.74. The number of nitrogens with one attached hydrogen (secondary N) is 1. The highest BCUT2D eigenvalue weighted by molar-refractivity contribution is 5.97. The minimum Gasteiger partial charge on any atom is -0.477 e. The maximum absolute atomic E-state index is 12.5. The Morgan fingerprint density at radius 3 is 2.40 bits per heavy atom. The minimum atomic E-state index is -0.214. The van der Waals surface area contributed by atoms with Gasteiger partial charge in [-0.05, 0) is 30.0 Å². The molecule has 25 heavy (non-hydrogen) atoms. The maximum Gasteiger partial charge on any atom is 0.251 e. The largest absolute Gasteiger partial charge is 0.477 e. The van der Waals surface area contributed by atoms with E-state index in [2.05, 4.69) is 31.3 Å². The second kappa shape index (κ2) is 7.97. The summed E-state index contributed by atoms with van der Waals surface area (Å²) < 4.78 is 5.83. The first-order valence-corrected chi connectivity index (χ1v) is 8.74. The molecule has 3 rings (SSSR count). The highest BCUT2D eigenvalue weighted by Crippen LogP contribution is 2.17. The third-order valence-electron chi connectivity index (χ3n) is 4.30. The van der Waals surface area contributed by atoms with E-state index < -0.39 is 0 Å². The number of rotatable bonds is 6. The number of hydrogen-bond donors (Lipinski definition) is 1. The summed E-state index contributed by atoms with van der Waals surface area (Å²) in [4.78, 5) is 17.2. The predicted octanol–water partition coefficient (Wildman–Crippen LogP) is 3.48. The van der Waals surface area contributed by atoms with Crippen LogP contribution in [0.3, 0.4) is 0 Å². The van der Waals surface area contributed by atoms with Crippen molar-refractivity contribution in [2.75, 3.05) is 6.61 Å². The molecule has 1 amide bonds. The average molecular weight is 336 g/mol. The Hall–Kier alpha value is -2.62. The Morgan fingerprint density at radius 2 is 1.76 bits per heavy atom. The number of aliphatic imine (C=N–C) groups is 1. The smallest absolute Gasteiger partial charge is 0.251 e. The summed E-state index contributed by atoms with van der Waals surface area (Å²) in [6.07, 6.45) is 0.849. The van der Waals surface area contributed by atoms with E-state index in [0.29, 0.717) is 18.1 Å². The van der Waals surface area contributed by atoms with Crippen molar-refractivity contribution in [2.45, 2.75) is 32.4 Å². The van der Waals surface area contributed by atoms with Gasteiger partial charge in [-0.25, -0.2) is 4.99 Å². The van der Waals surface area contributed by atoms with E-state index in [1.54, 1.807) is 0 Å². The van der Waals surface area contributed by atoms with Crippen LogP contribution in [-0.2, 0) is 11.2 Å². The van der Waals surface area contributed by atoms with Crippen LogP contribution in [0.2, 0.25) is 0 Å². The molecular formula is C21H24N2O2. The van der Waals surface area contributed by atoms with Crippen LogP contribution in [0.25, 0.3) is 0 Å². The monoisotopic (exact) mass is 336 g/mol. The lowest BCUT2D eigenvalue weighted by atomic mass is 10.0. The Balaban J connectivity index is 1.68. The van der Waals surface area contributed by atoms with E-state index in [1.165, 1.54) is 5.56 Å². The summed E-state index contributed by atoms with van der Waals surface area (Å²) in [5.74, 6) is 0.735. The Bertz CT molecular complexity index is 726. The number of hydrogen-bond acceptors (Lipinski definition) is 3. The van der Waals surface area contributed by atoms with Crippen molar-refractivity contribution in [1.82, 2.24) is 5.32 Å². The second-order valence-corrected chi connectivity index (χ2v) is 6.68. The lowest BCUT2D eigenvalue weighted by Crippen LogP contribution is -2.44. The fraction of sp³-hybridized carbons (Fsp3) is 0.333. The summed E-state index contributed by atoms with van der Waals surface area (Å²) in [6.45, 7) is 4.69. The molecule has 0 bridgehead atoms. The molecule has 130 valence electrons. The molecule has 0 aromatic heterocycles. The standard InChI is InChI=1S/C21H24N2O2/c1-15(2)19(23-20(24)17-11-7-4-8-12-17)21-22-18(14-25-21)13-16-9-5-3-6-10-16/h3-12,15,18-19H,13-14H2,1-2H3,(H,23,24)/t18-,19?/m0/s1. The number of carbonyl (C=O) groups excluding carboxylic acids is 1. The lowest BCUT2D eigenvalue weighted by molar-refractivity contribution is 0.0934. The van der Waals surface area contributed by atoms with Crippen molar-refractivity contribution in [1.29, 1.82) is 0 Å². The van der Waals surface area contributed by atoms with Gasteiger partial charge in [0.25, 0.3) is 5.91 Å². The molecule has 0 aliphatic carbocycles. The van der Waals surface area contributed by atoms with Gasteiger partial charge in [-0.15, -0.1) is 0 Å². The normalized spacial score (nSPS) is 17.7. The second-order valence-electron chi connectivity index (χ2n) is 6.68. The topological polar surface area (TPSA) is 50.7 Å². The van der Waals surface area contributed by atoms with Crippen LogP contribution in [0.4, 0.5) is 0 Å². The molecule has 0 fully saturated rings. The fourth-order valence-electron chi connectivity index (χ4n) is 2.92. The Labute approximate surface area is 148 Å². The lowest BCUT2D eigenvalue weighted by Gasteiger charge is -2.21. The quantitative estimate of drug-likeness (QED) is 0.878. The van der Waals surface area contributed by atoms with Crippen LogP contribution in [0, 0.1) is 5.92 Å². The zero-order valence-electron chi connectivity index (χ0n) is 14.7. The van der Waals surface area contributed by atoms with Crippen molar-refractivity contribution in [3.8, 4) is 0 Å². The van der Waals surface area contributed by atoms with Gasteiger partial charge in [-0.2, -0.15) is 0 Å². The predicted molar refractivity (Wildman–Crippen MR) is 99.9 cm³/mol. The molecule has 4 heteroatoms. The molecule has 1 heterocycles. The number of nitrogens with zero attached hydrogens (tertiary/aromatic N) is 1. The molecular weight excluding hydrogens is 312 g/mol. The van der Waals surface area contributed by atoms with E-state index in [-0.39, 0.29) is 23.9 Å². The van der Waals surface area contributed by atoms with Crippen molar-refractivity contribution >= 4 is 11.8 Å². The van der Waals surface area contributed by atoms with Gasteiger partial charge in [0.1, 0.15) is 12.6 Å². The zero-order chi connectivity index (χ0) is 17.6. The van der Waals surface area contributed by atoms with Crippen LogP contribution < -0.4 is 5.32 Å². The van der Waals surface area contributed by atoms with Crippen LogP contribution in [0.1, 0.15) is 29.8 Å². The third-order valence-corrected chi connectivity index (χ3v) is 4.30. The molecule has 0 radical (unpaired) electrons. The number of carbonyl (C=O) groups is 1. The highest BCUT2D eigenvalue weighted by Gasteiger charge is 2.29. The molecule has 2 aromatic rings. The molecule has 1 N–H and O–H groups in total. The SMILES string of the molecule is CC(C)C(NC(=O)c1ccccc1)C1=N[C@@H](Cc2ccccc2)CO1. The third kappa shape index (κ3) is 4.47. The Morgan fingerprint density at radius 1 is 1.12 bits per heavy atom. The molecule has 2 atom stereocenters. The highest BCUT2D eigenvalue weighted by atomic mass is 16.5. The van der Waals surface area contributed by atoms with Crippen LogP contribution >= 0.6 is 0 Å². The number of benzene rings is 2. The summed E-state index contributed by atoms with van der Waals surface area (Å²) in [6, 6.07) is 19.4. The van der Waals surface area contributed by atoms with Crippen molar-refractivity contribution in [2.24, 2.45) is 10.9 Å². The Kier molecular flexibility index (Phi) is 5.49. The molecule has 0 spiro atoms. The molecule has 2 aromatic carbocycles. The van der Waals surface area contributed by atoms with Gasteiger partial charge < -0.3 is 10.1 Å². The minimum absolute atomic E-state index is 0.0999. The van der Waals surface area contributed by atoms with Crippen molar-refractivity contribution in [3.05, 3.63) is 71.8 Å². The molecule has 4 nitrogen and oxygen atoms in total. The van der Waals surface area contributed by atoms with E-state index in [4.69, 9.17) is 9.73 Å². The first kappa shape index (κ1) is 17.2. The molecule has 1 aliphatic heterocycles. The van der Waals surface area contributed by atoms with Crippen LogP contribution in [0.5, 0.6) is 0 Å². The molecule has 1 unspecified atom stereocenters.